The van der Waals surface area contributed by atoms with Gasteiger partial charge in [0, 0.05) is 25.7 Å². The van der Waals surface area contributed by atoms with Crippen LogP contribution < -0.4 is 11.1 Å². The highest BCUT2D eigenvalue weighted by molar-refractivity contribution is 5.67. The maximum atomic E-state index is 11.7. The Kier molecular flexibility index (Phi) is 7.13. The summed E-state index contributed by atoms with van der Waals surface area (Å²) < 4.78 is 5.25. The Bertz CT molecular complexity index is 348. The summed E-state index contributed by atoms with van der Waals surface area (Å²) in [6.45, 7) is 13.7. The molecule has 0 aromatic carbocycles. The third-order valence-electron chi connectivity index (χ3n) is 4.90. The Morgan fingerprint density at radius 3 is 2.45 bits per heavy atom. The lowest BCUT2D eigenvalue weighted by Crippen LogP contribution is -2.43. The van der Waals surface area contributed by atoms with Crippen molar-refractivity contribution < 1.29 is 9.53 Å². The number of amides is 1. The van der Waals surface area contributed by atoms with Crippen LogP contribution in [0.5, 0.6) is 0 Å². The first-order chi connectivity index (χ1) is 10.2. The molecule has 0 aromatic heterocycles. The molecule has 1 heterocycles. The number of alkyl carbamates (subject to hydrolysis) is 1. The molecule has 5 heteroatoms. The van der Waals surface area contributed by atoms with E-state index in [-0.39, 0.29) is 6.09 Å². The second kappa shape index (κ2) is 8.16. The van der Waals surface area contributed by atoms with E-state index in [1.165, 1.54) is 19.3 Å². The predicted octanol–water partition coefficient (Wildman–Crippen LogP) is 2.74. The third-order valence-corrected chi connectivity index (χ3v) is 4.90. The van der Waals surface area contributed by atoms with E-state index >= 15 is 0 Å². The highest BCUT2D eigenvalue weighted by atomic mass is 16.6. The van der Waals surface area contributed by atoms with Crippen LogP contribution in [0.4, 0.5) is 4.79 Å². The Morgan fingerprint density at radius 2 is 2.00 bits per heavy atom. The van der Waals surface area contributed by atoms with Crippen LogP contribution in [0.25, 0.3) is 0 Å². The fraction of sp³-hybridized carbons (Fsp3) is 0.941. The van der Waals surface area contributed by atoms with Crippen LogP contribution in [0.2, 0.25) is 0 Å². The SMILES string of the molecule is CCC1(CC)CCN(C(CN)CCNC(=O)OC(C)(C)C)C1. The van der Waals surface area contributed by atoms with E-state index in [0.29, 0.717) is 24.5 Å². The number of ether oxygens (including phenoxy) is 1. The van der Waals surface area contributed by atoms with Gasteiger partial charge in [-0.05, 0) is 58.4 Å². The Hall–Kier alpha value is -0.810. The first kappa shape index (κ1) is 19.2. The van der Waals surface area contributed by atoms with Crippen molar-refractivity contribution in [3.8, 4) is 0 Å². The topological polar surface area (TPSA) is 67.6 Å². The van der Waals surface area contributed by atoms with Crippen LogP contribution in [-0.4, -0.2) is 48.8 Å². The van der Waals surface area contributed by atoms with E-state index in [1.807, 2.05) is 20.8 Å². The molecular formula is C17H35N3O2. The minimum absolute atomic E-state index is 0.343. The maximum absolute atomic E-state index is 11.7. The molecule has 0 spiro atoms. The van der Waals surface area contributed by atoms with Gasteiger partial charge in [0.25, 0.3) is 0 Å². The molecule has 3 N–H and O–H groups in total. The summed E-state index contributed by atoms with van der Waals surface area (Å²) in [4.78, 5) is 14.2. The Morgan fingerprint density at radius 1 is 1.36 bits per heavy atom. The molecule has 22 heavy (non-hydrogen) atoms. The van der Waals surface area contributed by atoms with E-state index in [4.69, 9.17) is 10.5 Å². The first-order valence-corrected chi connectivity index (χ1v) is 8.66. The number of rotatable bonds is 7. The molecule has 1 amide bonds. The normalized spacial score (nSPS) is 19.9. The monoisotopic (exact) mass is 313 g/mol. The molecule has 1 rings (SSSR count). The van der Waals surface area contributed by atoms with Gasteiger partial charge in [-0.15, -0.1) is 0 Å². The zero-order valence-electron chi connectivity index (χ0n) is 15.1. The van der Waals surface area contributed by atoms with Gasteiger partial charge in [0.1, 0.15) is 5.60 Å². The van der Waals surface area contributed by atoms with Crippen molar-refractivity contribution in [3.63, 3.8) is 0 Å². The fourth-order valence-electron chi connectivity index (χ4n) is 3.21. The van der Waals surface area contributed by atoms with Crippen LogP contribution in [-0.2, 0) is 4.74 Å². The summed E-state index contributed by atoms with van der Waals surface area (Å²) in [6.07, 6.45) is 4.25. The predicted molar refractivity (Wildman–Crippen MR) is 90.9 cm³/mol. The fourth-order valence-corrected chi connectivity index (χ4v) is 3.21. The van der Waals surface area contributed by atoms with Gasteiger partial charge in [-0.1, -0.05) is 13.8 Å². The lowest BCUT2D eigenvalue weighted by molar-refractivity contribution is 0.0522. The number of nitrogens with one attached hydrogen (secondary N) is 1. The van der Waals surface area contributed by atoms with Crippen LogP contribution in [0.1, 0.15) is 60.3 Å². The van der Waals surface area contributed by atoms with Crippen LogP contribution in [0, 0.1) is 5.41 Å². The van der Waals surface area contributed by atoms with E-state index in [0.717, 1.165) is 19.5 Å². The number of carbonyl (C=O) groups is 1. The van der Waals surface area contributed by atoms with Crippen LogP contribution in [0.3, 0.4) is 0 Å². The zero-order valence-corrected chi connectivity index (χ0v) is 15.1. The number of nitrogens with two attached hydrogens (primary N) is 1. The molecule has 0 aliphatic carbocycles. The molecule has 0 bridgehead atoms. The second-order valence-electron chi connectivity index (χ2n) is 7.53. The minimum Gasteiger partial charge on any atom is -0.444 e. The van der Waals surface area contributed by atoms with Crippen molar-refractivity contribution >= 4 is 6.09 Å². The van der Waals surface area contributed by atoms with Gasteiger partial charge in [0.15, 0.2) is 0 Å². The summed E-state index contributed by atoms with van der Waals surface area (Å²) in [7, 11) is 0. The van der Waals surface area contributed by atoms with Crippen molar-refractivity contribution in [2.24, 2.45) is 11.1 Å². The number of nitrogens with zero attached hydrogens (tertiary/aromatic N) is 1. The molecule has 1 fully saturated rings. The summed E-state index contributed by atoms with van der Waals surface area (Å²) in [5, 5.41) is 2.83. The summed E-state index contributed by atoms with van der Waals surface area (Å²) in [5.41, 5.74) is 5.97. The number of hydrogen-bond donors (Lipinski definition) is 2. The van der Waals surface area contributed by atoms with Gasteiger partial charge >= 0.3 is 6.09 Å². The highest BCUT2D eigenvalue weighted by Gasteiger charge is 2.37. The van der Waals surface area contributed by atoms with E-state index in [2.05, 4.69) is 24.1 Å². The van der Waals surface area contributed by atoms with E-state index < -0.39 is 5.60 Å². The number of carbonyl (C=O) groups excluding carboxylic acids is 1. The lowest BCUT2D eigenvalue weighted by Gasteiger charge is -2.31. The second-order valence-corrected chi connectivity index (χ2v) is 7.53. The smallest absolute Gasteiger partial charge is 0.407 e. The summed E-state index contributed by atoms with van der Waals surface area (Å²) >= 11 is 0. The molecule has 1 aliphatic heterocycles. The third kappa shape index (κ3) is 5.76. The summed E-state index contributed by atoms with van der Waals surface area (Å²) in [6, 6.07) is 0.343. The van der Waals surface area contributed by atoms with Gasteiger partial charge in [0.2, 0.25) is 0 Å². The Labute approximate surface area is 135 Å². The number of likely N-dealkylation sites (tertiary alicyclic amines) is 1. The van der Waals surface area contributed by atoms with Crippen molar-refractivity contribution in [1.29, 1.82) is 0 Å². The van der Waals surface area contributed by atoms with Crippen LogP contribution in [0.15, 0.2) is 0 Å². The molecule has 0 radical (unpaired) electrons. The minimum atomic E-state index is -0.450. The number of hydrogen-bond acceptors (Lipinski definition) is 4. The molecule has 1 unspecified atom stereocenters. The standard InChI is InChI=1S/C17H35N3O2/c1-6-17(7-2)9-11-20(13-17)14(12-18)8-10-19-15(21)22-16(3,4)5/h14H,6-13,18H2,1-5H3,(H,19,21). The Balaban J connectivity index is 2.39. The van der Waals surface area contributed by atoms with Crippen molar-refractivity contribution in [2.45, 2.75) is 71.9 Å². The molecule has 0 aromatic rings. The van der Waals surface area contributed by atoms with Gasteiger partial charge in [-0.25, -0.2) is 4.79 Å². The lowest BCUT2D eigenvalue weighted by atomic mass is 9.82. The molecule has 130 valence electrons. The maximum Gasteiger partial charge on any atom is 0.407 e. The molecule has 5 nitrogen and oxygen atoms in total. The van der Waals surface area contributed by atoms with E-state index in [1.54, 1.807) is 0 Å². The first-order valence-electron chi connectivity index (χ1n) is 8.66. The molecular weight excluding hydrogens is 278 g/mol. The largest absolute Gasteiger partial charge is 0.444 e. The average Bonchev–Trinajstić information content (AvgIpc) is 2.86. The van der Waals surface area contributed by atoms with Crippen molar-refractivity contribution in [2.75, 3.05) is 26.2 Å². The van der Waals surface area contributed by atoms with Gasteiger partial charge in [0.05, 0.1) is 0 Å². The zero-order chi connectivity index (χ0) is 16.8. The van der Waals surface area contributed by atoms with E-state index in [9.17, 15) is 4.79 Å². The average molecular weight is 313 g/mol. The van der Waals surface area contributed by atoms with Gasteiger partial charge in [-0.2, -0.15) is 0 Å². The molecule has 1 atom stereocenters. The summed E-state index contributed by atoms with van der Waals surface area (Å²) in [5.74, 6) is 0. The van der Waals surface area contributed by atoms with Crippen molar-refractivity contribution in [3.05, 3.63) is 0 Å². The molecule has 1 saturated heterocycles. The molecule has 0 saturated carbocycles. The quantitative estimate of drug-likeness (QED) is 0.758. The molecule has 1 aliphatic rings. The van der Waals surface area contributed by atoms with Crippen molar-refractivity contribution in [1.82, 2.24) is 10.2 Å². The van der Waals surface area contributed by atoms with Gasteiger partial charge < -0.3 is 15.8 Å². The highest BCUT2D eigenvalue weighted by Crippen LogP contribution is 2.37. The van der Waals surface area contributed by atoms with Gasteiger partial charge in [-0.3, -0.25) is 4.90 Å². The van der Waals surface area contributed by atoms with Crippen LogP contribution >= 0.6 is 0 Å².